The molecule has 0 fully saturated rings. The van der Waals surface area contributed by atoms with E-state index in [1.54, 1.807) is 20.8 Å². The van der Waals surface area contributed by atoms with Crippen molar-refractivity contribution in [2.24, 2.45) is 0 Å². The summed E-state index contributed by atoms with van der Waals surface area (Å²) in [5.41, 5.74) is 0.190. The molecule has 1 aliphatic rings. The summed E-state index contributed by atoms with van der Waals surface area (Å²) in [4.78, 5) is 23.1. The van der Waals surface area contributed by atoms with Gasteiger partial charge in [0.15, 0.2) is 0 Å². The van der Waals surface area contributed by atoms with E-state index in [0.29, 0.717) is 5.70 Å². The van der Waals surface area contributed by atoms with E-state index in [1.807, 2.05) is 0 Å². The Bertz CT molecular complexity index is 835. The molecule has 1 aromatic carbocycles. The number of allylic oxidation sites excluding steroid dienone is 2. The van der Waals surface area contributed by atoms with Gasteiger partial charge in [0, 0.05) is 5.56 Å². The minimum absolute atomic E-state index is 0.0575. The molecule has 1 aromatic rings. The highest BCUT2D eigenvalue weighted by atomic mass is 19.3. The number of halogens is 2. The van der Waals surface area contributed by atoms with Gasteiger partial charge in [-0.3, -0.25) is 10.1 Å². The van der Waals surface area contributed by atoms with Crippen molar-refractivity contribution in [3.05, 3.63) is 62.8 Å². The number of hydrogen-bond acceptors (Lipinski definition) is 7. The summed E-state index contributed by atoms with van der Waals surface area (Å²) in [6.07, 6.45) is -1.55. The van der Waals surface area contributed by atoms with Crippen molar-refractivity contribution >= 4 is 6.16 Å². The summed E-state index contributed by atoms with van der Waals surface area (Å²) < 4.78 is 40.4. The van der Waals surface area contributed by atoms with Crippen LogP contribution in [0.3, 0.4) is 0 Å². The van der Waals surface area contributed by atoms with Gasteiger partial charge in [0.25, 0.3) is 5.70 Å². The molecule has 0 saturated carbocycles. The highest BCUT2D eigenvalue weighted by Crippen LogP contribution is 2.42. The summed E-state index contributed by atoms with van der Waals surface area (Å²) in [6.45, 7) is 3.10. The highest BCUT2D eigenvalue weighted by molar-refractivity contribution is 5.63. The Morgan fingerprint density at radius 2 is 1.86 bits per heavy atom. The predicted octanol–water partition coefficient (Wildman–Crippen LogP) is 4.28. The van der Waals surface area contributed by atoms with Crippen molar-refractivity contribution in [1.82, 2.24) is 5.32 Å². The standard InChI is InChI=1S/C18H20F2N2O6/c1-9(2)26-18(23)28-16-11(4)21-10(3)15(22(24)25)14(16)12-7-5-6-8-13(12)27-17(19)20/h5-9,14,17,21H,1-4H3. The zero-order valence-electron chi connectivity index (χ0n) is 15.7. The molecule has 2 rings (SSSR count). The molecule has 0 bridgehead atoms. The summed E-state index contributed by atoms with van der Waals surface area (Å²) in [5, 5.41) is 14.5. The average molecular weight is 398 g/mol. The maximum Gasteiger partial charge on any atom is 0.513 e. The molecule has 1 heterocycles. The number of rotatable bonds is 6. The van der Waals surface area contributed by atoms with Crippen molar-refractivity contribution < 1.29 is 32.7 Å². The Morgan fingerprint density at radius 3 is 2.43 bits per heavy atom. The maximum atomic E-state index is 12.8. The van der Waals surface area contributed by atoms with E-state index in [4.69, 9.17) is 9.47 Å². The lowest BCUT2D eigenvalue weighted by Gasteiger charge is -2.27. The van der Waals surface area contributed by atoms with Crippen LogP contribution in [0.15, 0.2) is 47.1 Å². The van der Waals surface area contributed by atoms with Crippen LogP contribution in [-0.2, 0) is 9.47 Å². The summed E-state index contributed by atoms with van der Waals surface area (Å²) in [6, 6.07) is 5.63. The minimum atomic E-state index is -3.13. The third-order valence-electron chi connectivity index (χ3n) is 3.83. The summed E-state index contributed by atoms with van der Waals surface area (Å²) in [7, 11) is 0. The number of carbonyl (C=O) groups is 1. The third kappa shape index (κ3) is 4.76. The zero-order chi connectivity index (χ0) is 21.0. The number of nitro groups is 1. The topological polar surface area (TPSA) is 99.9 Å². The van der Waals surface area contributed by atoms with Gasteiger partial charge in [-0.15, -0.1) is 0 Å². The second-order valence-corrected chi connectivity index (χ2v) is 6.25. The Kier molecular flexibility index (Phi) is 6.55. The molecule has 28 heavy (non-hydrogen) atoms. The second kappa shape index (κ2) is 8.68. The molecule has 10 heteroatoms. The van der Waals surface area contributed by atoms with E-state index in [9.17, 15) is 23.7 Å². The summed E-state index contributed by atoms with van der Waals surface area (Å²) in [5.74, 6) is -1.65. The molecular formula is C18H20F2N2O6. The SMILES string of the molecule is CC1=C(OC(=O)OC(C)C)C(c2ccccc2OC(F)F)C([N+](=O)[O-])=C(C)N1. The molecular weight excluding hydrogens is 378 g/mol. The van der Waals surface area contributed by atoms with E-state index in [0.717, 1.165) is 0 Å². The average Bonchev–Trinajstić information content (AvgIpc) is 2.56. The van der Waals surface area contributed by atoms with Crippen LogP contribution in [0.5, 0.6) is 5.75 Å². The molecule has 1 unspecified atom stereocenters. The number of carbonyl (C=O) groups excluding carboxylic acids is 1. The Labute approximate surface area is 159 Å². The van der Waals surface area contributed by atoms with Crippen LogP contribution in [0, 0.1) is 10.1 Å². The van der Waals surface area contributed by atoms with Gasteiger partial charge < -0.3 is 19.5 Å². The predicted molar refractivity (Wildman–Crippen MR) is 94.0 cm³/mol. The van der Waals surface area contributed by atoms with E-state index < -0.39 is 29.7 Å². The highest BCUT2D eigenvalue weighted by Gasteiger charge is 2.41. The number of benzene rings is 1. The quantitative estimate of drug-likeness (QED) is 0.434. The molecule has 8 nitrogen and oxygen atoms in total. The van der Waals surface area contributed by atoms with Gasteiger partial charge in [-0.2, -0.15) is 8.78 Å². The van der Waals surface area contributed by atoms with E-state index >= 15 is 0 Å². The smallest absolute Gasteiger partial charge is 0.435 e. The molecule has 0 aromatic heterocycles. The van der Waals surface area contributed by atoms with Crippen LogP contribution in [0.25, 0.3) is 0 Å². The lowest BCUT2D eigenvalue weighted by atomic mass is 9.89. The molecule has 0 aliphatic carbocycles. The van der Waals surface area contributed by atoms with Crippen LogP contribution in [0.4, 0.5) is 13.6 Å². The zero-order valence-corrected chi connectivity index (χ0v) is 15.7. The number of dihydropyridines is 1. The van der Waals surface area contributed by atoms with Gasteiger partial charge in [0.2, 0.25) is 0 Å². The van der Waals surface area contributed by atoms with Crippen molar-refractivity contribution in [1.29, 1.82) is 0 Å². The van der Waals surface area contributed by atoms with E-state index in [2.05, 4.69) is 10.1 Å². The largest absolute Gasteiger partial charge is 0.513 e. The monoisotopic (exact) mass is 398 g/mol. The summed E-state index contributed by atoms with van der Waals surface area (Å²) >= 11 is 0. The van der Waals surface area contributed by atoms with Crippen molar-refractivity contribution in [3.8, 4) is 5.75 Å². The lowest BCUT2D eigenvalue weighted by molar-refractivity contribution is -0.431. The first-order valence-electron chi connectivity index (χ1n) is 8.37. The first-order chi connectivity index (χ1) is 13.1. The Hall–Kier alpha value is -3.17. The fraction of sp³-hybridized carbons (Fsp3) is 0.389. The van der Waals surface area contributed by atoms with Gasteiger partial charge in [0.1, 0.15) is 17.4 Å². The number of hydrogen-bond donors (Lipinski definition) is 1. The van der Waals surface area contributed by atoms with Crippen LogP contribution in [0.2, 0.25) is 0 Å². The lowest BCUT2D eigenvalue weighted by Crippen LogP contribution is -2.30. The normalized spacial score (nSPS) is 16.9. The Morgan fingerprint density at radius 1 is 1.21 bits per heavy atom. The van der Waals surface area contributed by atoms with Gasteiger partial charge in [-0.25, -0.2) is 4.79 Å². The fourth-order valence-electron chi connectivity index (χ4n) is 2.86. The second-order valence-electron chi connectivity index (χ2n) is 6.25. The van der Waals surface area contributed by atoms with Gasteiger partial charge in [-0.05, 0) is 33.8 Å². The number of nitrogens with zero attached hydrogens (tertiary/aromatic N) is 1. The van der Waals surface area contributed by atoms with Crippen molar-refractivity contribution in [2.75, 3.05) is 0 Å². The number of ether oxygens (including phenoxy) is 3. The van der Waals surface area contributed by atoms with Crippen molar-refractivity contribution in [3.63, 3.8) is 0 Å². The molecule has 0 saturated heterocycles. The van der Waals surface area contributed by atoms with Crippen LogP contribution in [0.1, 0.15) is 39.2 Å². The first-order valence-corrected chi connectivity index (χ1v) is 8.37. The van der Waals surface area contributed by atoms with Crippen molar-refractivity contribution in [2.45, 2.75) is 46.3 Å². The molecule has 1 N–H and O–H groups in total. The first kappa shape index (κ1) is 21.1. The van der Waals surface area contributed by atoms with Gasteiger partial charge in [-0.1, -0.05) is 18.2 Å². The van der Waals surface area contributed by atoms with E-state index in [1.165, 1.54) is 31.2 Å². The Balaban J connectivity index is 2.59. The number of para-hydroxylation sites is 1. The van der Waals surface area contributed by atoms with Crippen LogP contribution < -0.4 is 10.1 Å². The fourth-order valence-corrected chi connectivity index (χ4v) is 2.86. The minimum Gasteiger partial charge on any atom is -0.435 e. The number of nitrogens with one attached hydrogen (secondary N) is 1. The molecule has 0 radical (unpaired) electrons. The van der Waals surface area contributed by atoms with Crippen LogP contribution >= 0.6 is 0 Å². The third-order valence-corrected chi connectivity index (χ3v) is 3.83. The molecule has 152 valence electrons. The molecule has 0 amide bonds. The molecule has 0 spiro atoms. The van der Waals surface area contributed by atoms with Gasteiger partial charge >= 0.3 is 12.8 Å². The number of alkyl halides is 2. The maximum absolute atomic E-state index is 12.8. The van der Waals surface area contributed by atoms with Gasteiger partial charge in [0.05, 0.1) is 22.4 Å². The molecule has 1 aliphatic heterocycles. The van der Waals surface area contributed by atoms with Crippen LogP contribution in [-0.4, -0.2) is 23.8 Å². The van der Waals surface area contributed by atoms with E-state index in [-0.39, 0.29) is 28.5 Å². The molecule has 1 atom stereocenters.